The molecule has 0 fully saturated rings. The summed E-state index contributed by atoms with van der Waals surface area (Å²) in [5.41, 5.74) is 8.82. The topological polar surface area (TPSA) is 89.2 Å². The summed E-state index contributed by atoms with van der Waals surface area (Å²) in [5.74, 6) is 0.0501. The van der Waals surface area contributed by atoms with Crippen molar-refractivity contribution >= 4 is 15.9 Å². The van der Waals surface area contributed by atoms with E-state index in [1.807, 2.05) is 0 Å². The Morgan fingerprint density at radius 3 is 2.86 bits per heavy atom. The number of aliphatic hydroxyl groups is 1. The second-order valence-electron chi connectivity index (χ2n) is 2.58. The van der Waals surface area contributed by atoms with Crippen molar-refractivity contribution in [3.8, 4) is 5.75 Å². The van der Waals surface area contributed by atoms with E-state index in [0.717, 1.165) is 0 Å². The molecule has 0 amide bonds. The van der Waals surface area contributed by atoms with E-state index in [4.69, 9.17) is 10.6 Å². The average Bonchev–Trinajstić information content (AvgIpc) is 2.19. The molecule has 1 aromatic carbocycles. The van der Waals surface area contributed by atoms with Crippen molar-refractivity contribution in [1.82, 2.24) is 0 Å². The Morgan fingerprint density at radius 1 is 1.57 bits per heavy atom. The molecule has 1 aromatic rings. The van der Waals surface area contributed by atoms with Crippen molar-refractivity contribution in [1.29, 1.82) is 0 Å². The maximum atomic E-state index is 9.35. The van der Waals surface area contributed by atoms with Crippen LogP contribution in [0, 0.1) is 0 Å². The number of aliphatic hydroxyl groups excluding tert-OH is 1. The molecule has 74 valence electrons. The minimum Gasteiger partial charge on any atom is -0.507 e. The number of rotatable bonds is 3. The molecule has 0 aliphatic rings. The van der Waals surface area contributed by atoms with Crippen LogP contribution in [0.4, 0.5) is 0 Å². The molecule has 1 unspecified atom stereocenters. The summed E-state index contributed by atoms with van der Waals surface area (Å²) >= 11 is 3.15. The lowest BCUT2D eigenvalue weighted by atomic mass is 10.1. The fraction of sp³-hybridized carbons (Fsp3) is 0.250. The van der Waals surface area contributed by atoms with E-state index >= 15 is 0 Å². The minimum atomic E-state index is -0.679. The normalized spacial score (nSPS) is 11.9. The van der Waals surface area contributed by atoms with Crippen LogP contribution in [0.3, 0.4) is 0 Å². The van der Waals surface area contributed by atoms with Crippen LogP contribution in [0.15, 0.2) is 27.8 Å². The van der Waals surface area contributed by atoms with Crippen molar-refractivity contribution in [3.63, 3.8) is 0 Å². The highest BCUT2D eigenvalue weighted by molar-refractivity contribution is 9.10. The number of azide groups is 1. The van der Waals surface area contributed by atoms with Crippen molar-refractivity contribution in [2.24, 2.45) is 5.11 Å². The van der Waals surface area contributed by atoms with E-state index in [0.29, 0.717) is 10.0 Å². The molecular weight excluding hydrogens is 250 g/mol. The summed E-state index contributed by atoms with van der Waals surface area (Å²) in [5, 5.41) is 21.7. The summed E-state index contributed by atoms with van der Waals surface area (Å²) in [7, 11) is 0. The molecule has 0 heterocycles. The van der Waals surface area contributed by atoms with Crippen LogP contribution in [0.25, 0.3) is 10.4 Å². The van der Waals surface area contributed by atoms with Crippen LogP contribution in [-0.4, -0.2) is 16.8 Å². The van der Waals surface area contributed by atoms with Gasteiger partial charge in [0.15, 0.2) is 0 Å². The van der Waals surface area contributed by atoms with Crippen molar-refractivity contribution < 1.29 is 10.2 Å². The number of phenols is 1. The zero-order valence-corrected chi connectivity index (χ0v) is 8.72. The third-order valence-corrected chi connectivity index (χ3v) is 2.60. The fourth-order valence-corrected chi connectivity index (χ4v) is 1.58. The number of hydrogen-bond donors (Lipinski definition) is 2. The number of nitrogens with zero attached hydrogens (tertiary/aromatic N) is 3. The minimum absolute atomic E-state index is 0.0501. The van der Waals surface area contributed by atoms with Gasteiger partial charge in [0.2, 0.25) is 0 Å². The van der Waals surface area contributed by atoms with Crippen LogP contribution in [0.1, 0.15) is 11.6 Å². The number of aromatic hydroxyl groups is 1. The third-order valence-electron chi connectivity index (χ3n) is 1.73. The molecule has 0 radical (unpaired) electrons. The lowest BCUT2D eigenvalue weighted by Gasteiger charge is -2.10. The summed E-state index contributed by atoms with van der Waals surface area (Å²) < 4.78 is 0.437. The van der Waals surface area contributed by atoms with Gasteiger partial charge in [-0.2, -0.15) is 0 Å². The van der Waals surface area contributed by atoms with Gasteiger partial charge in [-0.3, -0.25) is 0 Å². The first-order chi connectivity index (χ1) is 6.70. The van der Waals surface area contributed by atoms with E-state index < -0.39 is 6.04 Å². The van der Waals surface area contributed by atoms with Gasteiger partial charge in [0.25, 0.3) is 0 Å². The summed E-state index contributed by atoms with van der Waals surface area (Å²) in [4.78, 5) is 2.62. The summed E-state index contributed by atoms with van der Waals surface area (Å²) in [6.45, 7) is -0.299. The number of phenolic OH excluding ortho intramolecular Hbond substituents is 1. The Morgan fingerprint density at radius 2 is 2.29 bits per heavy atom. The molecular formula is C8H8BrN3O2. The largest absolute Gasteiger partial charge is 0.507 e. The van der Waals surface area contributed by atoms with Gasteiger partial charge in [-0.05, 0) is 33.1 Å². The predicted molar refractivity (Wildman–Crippen MR) is 54.8 cm³/mol. The van der Waals surface area contributed by atoms with E-state index in [1.165, 1.54) is 6.07 Å². The predicted octanol–water partition coefficient (Wildman–Crippen LogP) is 2.50. The Balaban J connectivity index is 3.16. The monoisotopic (exact) mass is 257 g/mol. The standard InChI is InChI=1S/C8H8BrN3O2/c9-8-5(2-1-3-7(8)14)6(4-13)11-12-10/h1-3,6,13-14H,4H2. The molecule has 0 saturated heterocycles. The van der Waals surface area contributed by atoms with Gasteiger partial charge in [0, 0.05) is 4.91 Å². The first kappa shape index (κ1) is 10.8. The molecule has 5 nitrogen and oxygen atoms in total. The van der Waals surface area contributed by atoms with E-state index in [9.17, 15) is 5.11 Å². The van der Waals surface area contributed by atoms with Crippen LogP contribution in [-0.2, 0) is 0 Å². The molecule has 0 saturated carbocycles. The summed E-state index contributed by atoms with van der Waals surface area (Å²) in [6, 6.07) is 4.10. The highest BCUT2D eigenvalue weighted by Crippen LogP contribution is 2.32. The highest BCUT2D eigenvalue weighted by atomic mass is 79.9. The first-order valence-electron chi connectivity index (χ1n) is 3.83. The Bertz CT molecular complexity index is 377. The van der Waals surface area contributed by atoms with Gasteiger partial charge in [-0.25, -0.2) is 0 Å². The second kappa shape index (κ2) is 4.85. The van der Waals surface area contributed by atoms with E-state index in [1.54, 1.807) is 12.1 Å². The van der Waals surface area contributed by atoms with Gasteiger partial charge in [0.05, 0.1) is 17.1 Å². The fourth-order valence-electron chi connectivity index (χ4n) is 1.05. The lowest BCUT2D eigenvalue weighted by molar-refractivity contribution is 0.267. The van der Waals surface area contributed by atoms with Gasteiger partial charge in [0.1, 0.15) is 5.75 Å². The molecule has 2 N–H and O–H groups in total. The molecule has 0 bridgehead atoms. The molecule has 1 atom stereocenters. The van der Waals surface area contributed by atoms with Crippen LogP contribution in [0.5, 0.6) is 5.75 Å². The zero-order chi connectivity index (χ0) is 10.6. The number of benzene rings is 1. The zero-order valence-electron chi connectivity index (χ0n) is 7.13. The third kappa shape index (κ3) is 2.17. The maximum absolute atomic E-state index is 9.35. The second-order valence-corrected chi connectivity index (χ2v) is 3.38. The van der Waals surface area contributed by atoms with Gasteiger partial charge in [-0.1, -0.05) is 17.2 Å². The summed E-state index contributed by atoms with van der Waals surface area (Å²) in [6.07, 6.45) is 0. The highest BCUT2D eigenvalue weighted by Gasteiger charge is 2.13. The molecule has 0 aliphatic heterocycles. The SMILES string of the molecule is [N-]=[N+]=NC(CO)c1cccc(O)c1Br. The van der Waals surface area contributed by atoms with Crippen molar-refractivity contribution in [2.45, 2.75) is 6.04 Å². The van der Waals surface area contributed by atoms with E-state index in [-0.39, 0.29) is 12.4 Å². The Labute approximate surface area is 88.8 Å². The molecule has 14 heavy (non-hydrogen) atoms. The molecule has 0 spiro atoms. The quantitative estimate of drug-likeness (QED) is 0.495. The van der Waals surface area contributed by atoms with Gasteiger partial charge in [-0.15, -0.1) is 0 Å². The lowest BCUT2D eigenvalue weighted by Crippen LogP contribution is -2.00. The van der Waals surface area contributed by atoms with E-state index in [2.05, 4.69) is 26.0 Å². The van der Waals surface area contributed by atoms with Gasteiger partial charge < -0.3 is 10.2 Å². The van der Waals surface area contributed by atoms with Crippen LogP contribution < -0.4 is 0 Å². The number of halogens is 1. The van der Waals surface area contributed by atoms with Crippen molar-refractivity contribution in [2.75, 3.05) is 6.61 Å². The van der Waals surface area contributed by atoms with Gasteiger partial charge >= 0.3 is 0 Å². The smallest absolute Gasteiger partial charge is 0.130 e. The molecule has 0 aliphatic carbocycles. The molecule has 0 aromatic heterocycles. The maximum Gasteiger partial charge on any atom is 0.130 e. The van der Waals surface area contributed by atoms with Crippen LogP contribution in [0.2, 0.25) is 0 Å². The first-order valence-corrected chi connectivity index (χ1v) is 4.62. The Hall–Kier alpha value is -1.23. The van der Waals surface area contributed by atoms with Crippen LogP contribution >= 0.6 is 15.9 Å². The molecule has 6 heteroatoms. The Kier molecular flexibility index (Phi) is 3.76. The van der Waals surface area contributed by atoms with Crippen molar-refractivity contribution in [3.05, 3.63) is 38.7 Å². The molecule has 1 rings (SSSR count). The number of hydrogen-bond acceptors (Lipinski definition) is 3. The average molecular weight is 258 g/mol.